The highest BCUT2D eigenvalue weighted by Gasteiger charge is 2.39. The topological polar surface area (TPSA) is 99.2 Å². The van der Waals surface area contributed by atoms with E-state index in [1.165, 1.54) is 23.5 Å². The van der Waals surface area contributed by atoms with E-state index in [9.17, 15) is 22.4 Å². The van der Waals surface area contributed by atoms with Crippen LogP contribution in [0.2, 0.25) is 0 Å². The Bertz CT molecular complexity index is 1250. The number of halogens is 4. The summed E-state index contributed by atoms with van der Waals surface area (Å²) in [5.74, 6) is -2.07. The Kier molecular flexibility index (Phi) is 7.34. The lowest BCUT2D eigenvalue weighted by molar-refractivity contribution is -0.192. The molecule has 12 heteroatoms. The number of amides is 1. The van der Waals surface area contributed by atoms with E-state index < -0.39 is 17.6 Å². The number of carbonyl (C=O) groups is 2. The second-order valence-corrected chi connectivity index (χ2v) is 9.51. The van der Waals surface area contributed by atoms with Crippen molar-refractivity contribution < 1.29 is 32.3 Å². The molecule has 0 radical (unpaired) electrons. The molecule has 2 aromatic heterocycles. The summed E-state index contributed by atoms with van der Waals surface area (Å²) in [5, 5.41) is 9.87. The van der Waals surface area contributed by atoms with Crippen molar-refractivity contribution in [3.8, 4) is 10.6 Å². The first kappa shape index (κ1) is 26.3. The fraction of sp³-hybridized carbons (Fsp3) is 0.391. The number of carboxylic acid groups (broad SMARTS) is 1. The Balaban J connectivity index is 0.000000429. The standard InChI is InChI=1S/C21H23FN4OS.C2HF3O2/c1-12-9-14(22)5-6-15(12)19-25-18(11-28-19)21(3,4)20(27)26-8-7-16-17(10-26)24-13(2)23-16;3-2(4,5)1(6)7/h5-6,9,11H,7-8,10H2,1-4H3,(H,23,24);(H,6,7). The van der Waals surface area contributed by atoms with Crippen LogP contribution in [0.4, 0.5) is 17.6 Å². The van der Waals surface area contributed by atoms with Crippen LogP contribution in [0.15, 0.2) is 23.6 Å². The third-order valence-corrected chi connectivity index (χ3v) is 6.45. The lowest BCUT2D eigenvalue weighted by Gasteiger charge is -2.33. The van der Waals surface area contributed by atoms with Crippen molar-refractivity contribution in [2.75, 3.05) is 6.54 Å². The lowest BCUT2D eigenvalue weighted by Crippen LogP contribution is -2.45. The molecule has 1 aliphatic rings. The first-order valence-electron chi connectivity index (χ1n) is 10.6. The lowest BCUT2D eigenvalue weighted by atomic mass is 9.87. The minimum Gasteiger partial charge on any atom is -0.475 e. The molecule has 1 aromatic carbocycles. The third kappa shape index (κ3) is 5.87. The zero-order chi connectivity index (χ0) is 26.1. The highest BCUT2D eigenvalue weighted by Crippen LogP contribution is 2.34. The van der Waals surface area contributed by atoms with Gasteiger partial charge in [0, 0.05) is 23.9 Å². The summed E-state index contributed by atoms with van der Waals surface area (Å²) in [5.41, 5.74) is 3.82. The van der Waals surface area contributed by atoms with E-state index in [1.54, 1.807) is 6.07 Å². The molecule has 0 unspecified atom stereocenters. The van der Waals surface area contributed by atoms with Gasteiger partial charge in [0.1, 0.15) is 16.6 Å². The number of H-pyrrole nitrogens is 1. The van der Waals surface area contributed by atoms with Gasteiger partial charge < -0.3 is 15.0 Å². The molecule has 0 bridgehead atoms. The fourth-order valence-electron chi connectivity index (χ4n) is 3.67. The minimum atomic E-state index is -5.08. The van der Waals surface area contributed by atoms with E-state index in [1.807, 2.05) is 38.0 Å². The number of aromatic nitrogens is 3. The number of aryl methyl sites for hydroxylation is 2. The van der Waals surface area contributed by atoms with Crippen molar-refractivity contribution in [2.24, 2.45) is 0 Å². The summed E-state index contributed by atoms with van der Waals surface area (Å²) in [6.45, 7) is 8.84. The van der Waals surface area contributed by atoms with E-state index in [0.717, 1.165) is 45.5 Å². The van der Waals surface area contributed by atoms with E-state index in [-0.39, 0.29) is 11.7 Å². The van der Waals surface area contributed by atoms with Crippen molar-refractivity contribution in [3.05, 3.63) is 57.9 Å². The number of rotatable bonds is 3. The maximum Gasteiger partial charge on any atom is 0.490 e. The van der Waals surface area contributed by atoms with Crippen LogP contribution in [0.25, 0.3) is 10.6 Å². The zero-order valence-corrected chi connectivity index (χ0v) is 20.3. The van der Waals surface area contributed by atoms with Gasteiger partial charge in [-0.2, -0.15) is 13.2 Å². The molecule has 1 aliphatic heterocycles. The molecule has 4 rings (SSSR count). The molecular formula is C23H24F4N4O3S. The molecule has 3 heterocycles. The molecular weight excluding hydrogens is 488 g/mol. The summed E-state index contributed by atoms with van der Waals surface area (Å²) >= 11 is 1.49. The number of fused-ring (bicyclic) bond motifs is 1. The molecule has 0 saturated carbocycles. The number of nitrogens with zero attached hydrogens (tertiary/aromatic N) is 3. The second-order valence-electron chi connectivity index (χ2n) is 8.65. The predicted molar refractivity (Wildman–Crippen MR) is 121 cm³/mol. The molecule has 7 nitrogen and oxygen atoms in total. The first-order valence-corrected chi connectivity index (χ1v) is 11.4. The van der Waals surface area contributed by atoms with Gasteiger partial charge in [-0.15, -0.1) is 11.3 Å². The quantitative estimate of drug-likeness (QED) is 0.492. The normalized spacial score (nSPS) is 13.7. The smallest absolute Gasteiger partial charge is 0.475 e. The van der Waals surface area contributed by atoms with E-state index >= 15 is 0 Å². The van der Waals surface area contributed by atoms with Crippen molar-refractivity contribution in [3.63, 3.8) is 0 Å². The number of carbonyl (C=O) groups excluding carboxylic acids is 1. The van der Waals surface area contributed by atoms with Gasteiger partial charge in [0.25, 0.3) is 0 Å². The van der Waals surface area contributed by atoms with Crippen LogP contribution in [0.5, 0.6) is 0 Å². The minimum absolute atomic E-state index is 0.0538. The number of thiazole rings is 1. The summed E-state index contributed by atoms with van der Waals surface area (Å²) in [7, 11) is 0. The van der Waals surface area contributed by atoms with Gasteiger partial charge in [-0.25, -0.2) is 19.2 Å². The third-order valence-electron chi connectivity index (χ3n) is 5.58. The average molecular weight is 513 g/mol. The van der Waals surface area contributed by atoms with Crippen molar-refractivity contribution in [1.29, 1.82) is 0 Å². The molecule has 0 atom stereocenters. The van der Waals surface area contributed by atoms with E-state index in [4.69, 9.17) is 14.9 Å². The van der Waals surface area contributed by atoms with Crippen LogP contribution in [0.1, 0.15) is 42.3 Å². The van der Waals surface area contributed by atoms with Crippen LogP contribution < -0.4 is 0 Å². The maximum absolute atomic E-state index is 13.4. The van der Waals surface area contributed by atoms with Gasteiger partial charge >= 0.3 is 12.1 Å². The van der Waals surface area contributed by atoms with Crippen molar-refractivity contribution in [1.82, 2.24) is 19.9 Å². The second kappa shape index (κ2) is 9.76. The van der Waals surface area contributed by atoms with Crippen LogP contribution in [0, 0.1) is 19.7 Å². The molecule has 1 amide bonds. The average Bonchev–Trinajstić information content (AvgIpc) is 3.38. The number of imidazole rings is 1. The van der Waals surface area contributed by atoms with E-state index in [2.05, 4.69) is 9.97 Å². The van der Waals surface area contributed by atoms with Gasteiger partial charge in [-0.3, -0.25) is 4.79 Å². The Hall–Kier alpha value is -3.28. The zero-order valence-electron chi connectivity index (χ0n) is 19.5. The van der Waals surface area contributed by atoms with Crippen LogP contribution in [-0.2, 0) is 28.0 Å². The number of hydrogen-bond acceptors (Lipinski definition) is 5. The highest BCUT2D eigenvalue weighted by atomic mass is 32.1. The summed E-state index contributed by atoms with van der Waals surface area (Å²) in [4.78, 5) is 36.6. The number of aromatic amines is 1. The van der Waals surface area contributed by atoms with Crippen LogP contribution >= 0.6 is 11.3 Å². The molecule has 0 saturated heterocycles. The SMILES string of the molecule is Cc1nc2c([nH]1)CN(C(=O)C(C)(C)c1csc(-c3ccc(F)cc3C)n1)CC2.O=C(O)C(F)(F)F. The van der Waals surface area contributed by atoms with E-state index in [0.29, 0.717) is 13.1 Å². The van der Waals surface area contributed by atoms with Crippen LogP contribution in [0.3, 0.4) is 0 Å². The van der Waals surface area contributed by atoms with Gasteiger partial charge in [0.2, 0.25) is 5.91 Å². The van der Waals surface area contributed by atoms with Gasteiger partial charge in [-0.1, -0.05) is 0 Å². The summed E-state index contributed by atoms with van der Waals surface area (Å²) in [6.07, 6.45) is -4.32. The number of nitrogens with one attached hydrogen (secondary N) is 1. The molecule has 188 valence electrons. The molecule has 0 spiro atoms. The number of hydrogen-bond donors (Lipinski definition) is 2. The first-order chi connectivity index (χ1) is 16.2. The highest BCUT2D eigenvalue weighted by molar-refractivity contribution is 7.13. The Morgan fingerprint density at radius 3 is 2.43 bits per heavy atom. The molecule has 35 heavy (non-hydrogen) atoms. The van der Waals surface area contributed by atoms with Gasteiger partial charge in [0.15, 0.2) is 0 Å². The Morgan fingerprint density at radius 2 is 1.83 bits per heavy atom. The largest absolute Gasteiger partial charge is 0.490 e. The predicted octanol–water partition coefficient (Wildman–Crippen LogP) is 4.78. The Morgan fingerprint density at radius 1 is 1.17 bits per heavy atom. The van der Waals surface area contributed by atoms with Gasteiger partial charge in [0.05, 0.1) is 29.0 Å². The molecule has 0 fully saturated rings. The molecule has 0 aliphatic carbocycles. The molecule has 2 N–H and O–H groups in total. The number of carboxylic acids is 1. The molecule has 3 aromatic rings. The van der Waals surface area contributed by atoms with Crippen molar-refractivity contribution in [2.45, 2.75) is 52.3 Å². The van der Waals surface area contributed by atoms with Crippen LogP contribution in [-0.4, -0.2) is 49.6 Å². The number of alkyl halides is 3. The van der Waals surface area contributed by atoms with Gasteiger partial charge in [-0.05, 0) is 51.5 Å². The Labute approximate surface area is 202 Å². The monoisotopic (exact) mass is 512 g/mol. The number of benzene rings is 1. The summed E-state index contributed by atoms with van der Waals surface area (Å²) in [6, 6.07) is 4.69. The van der Waals surface area contributed by atoms with Crippen molar-refractivity contribution >= 4 is 23.2 Å². The summed E-state index contributed by atoms with van der Waals surface area (Å²) < 4.78 is 45.1. The maximum atomic E-state index is 13.4. The number of aliphatic carboxylic acids is 1. The fourth-order valence-corrected chi connectivity index (χ4v) is 4.74.